The van der Waals surface area contributed by atoms with Crippen molar-refractivity contribution in [2.45, 2.75) is 92.9 Å². The first-order chi connectivity index (χ1) is 20.4. The van der Waals surface area contributed by atoms with E-state index >= 15 is 0 Å². The molecule has 0 unspecified atom stereocenters. The molecule has 0 bridgehead atoms. The standard InChI is InChI=1S/C17H26N2O2Si.C11H20O2Si.C6H7IN2/c1-13-15(18)8-7-14(19-13)9-10-17(2,3)16(20)21-11-12-22(4,5)6;1-7-11(2,3)10(12)13-8-9-14(4,5)6;1-4-5(8)2-3-6(7)9-4/h7-8H,11-12,18H2,1-6H3;1H,8-9H2,2-6H3;2-3H,8H2,1H3. The van der Waals surface area contributed by atoms with Crippen molar-refractivity contribution in [3.8, 4) is 24.2 Å². The molecule has 4 N–H and O–H groups in total. The van der Waals surface area contributed by atoms with E-state index in [4.69, 9.17) is 27.4 Å². The van der Waals surface area contributed by atoms with Crippen LogP contribution in [0.5, 0.6) is 0 Å². The van der Waals surface area contributed by atoms with Crippen LogP contribution in [0.25, 0.3) is 0 Å². The number of rotatable bonds is 8. The van der Waals surface area contributed by atoms with Gasteiger partial charge in [-0.2, -0.15) is 0 Å². The minimum Gasteiger partial charge on any atom is -0.465 e. The van der Waals surface area contributed by atoms with Crippen LogP contribution in [0.4, 0.5) is 11.4 Å². The van der Waals surface area contributed by atoms with Crippen LogP contribution in [0.1, 0.15) is 44.8 Å². The number of halogens is 1. The van der Waals surface area contributed by atoms with Crippen molar-refractivity contribution >= 4 is 62.1 Å². The first kappa shape index (κ1) is 42.1. The Morgan fingerprint density at radius 3 is 1.60 bits per heavy atom. The van der Waals surface area contributed by atoms with Crippen molar-refractivity contribution in [2.24, 2.45) is 10.8 Å². The monoisotopic (exact) mass is 764 g/mol. The number of hydrogen-bond donors (Lipinski definition) is 2. The number of nitrogens with two attached hydrogens (primary N) is 2. The van der Waals surface area contributed by atoms with Crippen molar-refractivity contribution in [3.05, 3.63) is 45.0 Å². The summed E-state index contributed by atoms with van der Waals surface area (Å²) in [6, 6.07) is 9.22. The molecule has 0 aliphatic rings. The summed E-state index contributed by atoms with van der Waals surface area (Å²) in [6.07, 6.45) is 5.22. The Bertz CT molecular complexity index is 1400. The molecule has 0 saturated heterocycles. The fraction of sp³-hybridized carbons (Fsp3) is 0.529. The number of anilines is 2. The van der Waals surface area contributed by atoms with Gasteiger partial charge in [0.1, 0.15) is 20.2 Å². The second kappa shape index (κ2) is 18.3. The van der Waals surface area contributed by atoms with E-state index in [0.717, 1.165) is 32.9 Å². The molecule has 11 heteroatoms. The Balaban J connectivity index is 0.000000715. The van der Waals surface area contributed by atoms with Gasteiger partial charge in [-0.1, -0.05) is 51.1 Å². The quantitative estimate of drug-likeness (QED) is 0.0940. The minimum atomic E-state index is -1.20. The minimum absolute atomic E-state index is 0.287. The number of aryl methyl sites for hydroxylation is 2. The maximum atomic E-state index is 12.1. The normalized spacial score (nSPS) is 11.3. The van der Waals surface area contributed by atoms with Gasteiger partial charge in [-0.3, -0.25) is 9.59 Å². The van der Waals surface area contributed by atoms with Gasteiger partial charge in [-0.25, -0.2) is 9.97 Å². The Labute approximate surface area is 287 Å². The smallest absolute Gasteiger partial charge is 0.323 e. The van der Waals surface area contributed by atoms with E-state index in [0.29, 0.717) is 24.6 Å². The van der Waals surface area contributed by atoms with Crippen molar-refractivity contribution in [3.63, 3.8) is 0 Å². The molecule has 0 atom stereocenters. The highest BCUT2D eigenvalue weighted by Crippen LogP contribution is 2.19. The van der Waals surface area contributed by atoms with Crippen LogP contribution in [0.2, 0.25) is 51.4 Å². The number of carbonyl (C=O) groups excluding carboxylic acids is 2. The molecule has 0 spiro atoms. The van der Waals surface area contributed by atoms with Crippen molar-refractivity contribution in [2.75, 3.05) is 24.7 Å². The molecule has 0 amide bonds. The predicted octanol–water partition coefficient (Wildman–Crippen LogP) is 7.34. The molecule has 248 valence electrons. The van der Waals surface area contributed by atoms with Crippen LogP contribution >= 0.6 is 22.6 Å². The molecule has 0 aliphatic carbocycles. The van der Waals surface area contributed by atoms with Crippen molar-refractivity contribution < 1.29 is 19.1 Å². The van der Waals surface area contributed by atoms with Gasteiger partial charge in [0.15, 0.2) is 0 Å². The Hall–Kier alpha value is -2.88. The molecule has 0 aromatic carbocycles. The topological polar surface area (TPSA) is 130 Å². The van der Waals surface area contributed by atoms with E-state index in [-0.39, 0.29) is 11.9 Å². The highest BCUT2D eigenvalue weighted by atomic mass is 127. The van der Waals surface area contributed by atoms with E-state index in [1.165, 1.54) is 0 Å². The highest BCUT2D eigenvalue weighted by Gasteiger charge is 2.28. The van der Waals surface area contributed by atoms with Crippen molar-refractivity contribution in [1.29, 1.82) is 0 Å². The molecule has 2 heterocycles. The molecule has 0 radical (unpaired) electrons. The van der Waals surface area contributed by atoms with Gasteiger partial charge in [0, 0.05) is 16.1 Å². The maximum absolute atomic E-state index is 12.1. The van der Waals surface area contributed by atoms with Gasteiger partial charge < -0.3 is 20.9 Å². The second-order valence-electron chi connectivity index (χ2n) is 14.2. The molecule has 0 saturated carbocycles. The van der Waals surface area contributed by atoms with Gasteiger partial charge in [-0.15, -0.1) is 6.42 Å². The summed E-state index contributed by atoms with van der Waals surface area (Å²) in [7, 11) is -2.32. The van der Waals surface area contributed by atoms with Crippen LogP contribution < -0.4 is 11.5 Å². The zero-order valence-corrected chi connectivity index (χ0v) is 33.4. The highest BCUT2D eigenvalue weighted by molar-refractivity contribution is 14.1. The number of esters is 2. The van der Waals surface area contributed by atoms with Crippen LogP contribution in [-0.2, 0) is 19.1 Å². The molecule has 8 nitrogen and oxygen atoms in total. The summed E-state index contributed by atoms with van der Waals surface area (Å²) in [5, 5.41) is 0. The predicted molar refractivity (Wildman–Crippen MR) is 201 cm³/mol. The van der Waals surface area contributed by atoms with E-state index in [1.54, 1.807) is 39.8 Å². The lowest BCUT2D eigenvalue weighted by Gasteiger charge is -2.19. The van der Waals surface area contributed by atoms with Crippen molar-refractivity contribution in [1.82, 2.24) is 9.97 Å². The number of pyridine rings is 2. The lowest BCUT2D eigenvalue weighted by atomic mass is 9.94. The summed E-state index contributed by atoms with van der Waals surface area (Å²) in [5.74, 6) is 7.73. The third-order valence-corrected chi connectivity index (χ3v) is 10.3. The first-order valence-electron chi connectivity index (χ1n) is 14.9. The van der Waals surface area contributed by atoms with Gasteiger partial charge in [0.05, 0.1) is 36.0 Å². The second-order valence-corrected chi connectivity index (χ2v) is 26.6. The van der Waals surface area contributed by atoms with E-state index in [1.807, 2.05) is 26.0 Å². The van der Waals surface area contributed by atoms with Crippen LogP contribution in [0.3, 0.4) is 0 Å². The average molecular weight is 765 g/mol. The van der Waals surface area contributed by atoms with Crippen LogP contribution in [0, 0.1) is 52.6 Å². The van der Waals surface area contributed by atoms with Crippen LogP contribution in [0.15, 0.2) is 24.3 Å². The summed E-state index contributed by atoms with van der Waals surface area (Å²) in [4.78, 5) is 32.0. The van der Waals surface area contributed by atoms with E-state index < -0.39 is 27.0 Å². The summed E-state index contributed by atoms with van der Waals surface area (Å²) >= 11 is 2.16. The largest absolute Gasteiger partial charge is 0.465 e. The fourth-order valence-corrected chi connectivity index (χ4v) is 4.74. The number of ether oxygens (including phenoxy) is 2. The molecule has 0 fully saturated rings. The molecule has 2 aromatic rings. The van der Waals surface area contributed by atoms with Gasteiger partial charge in [0.25, 0.3) is 0 Å². The number of nitrogens with zero attached hydrogens (tertiary/aromatic N) is 2. The maximum Gasteiger partial charge on any atom is 0.323 e. The van der Waals surface area contributed by atoms with Gasteiger partial charge in [0.2, 0.25) is 0 Å². The number of aromatic nitrogens is 2. The SMILES string of the molecule is C#CC(C)(C)C(=O)OCC[Si](C)(C)C.Cc1nc(C#CC(C)(C)C(=O)OCC[Si](C)(C)C)ccc1N.Cc1nc(I)ccc1N. The molecule has 2 rings (SSSR count). The van der Waals surface area contributed by atoms with Gasteiger partial charge in [-0.05, 0) is 106 Å². The number of hydrogen-bond acceptors (Lipinski definition) is 8. The Morgan fingerprint density at radius 1 is 0.800 bits per heavy atom. The summed E-state index contributed by atoms with van der Waals surface area (Å²) < 4.78 is 11.5. The van der Waals surface area contributed by atoms with E-state index in [9.17, 15) is 9.59 Å². The average Bonchev–Trinajstić information content (AvgIpc) is 2.91. The lowest BCUT2D eigenvalue weighted by Crippen LogP contribution is -2.28. The zero-order chi connectivity index (χ0) is 35.2. The Morgan fingerprint density at radius 2 is 1.22 bits per heavy atom. The fourth-order valence-electron chi connectivity index (χ4n) is 2.77. The first-order valence-corrected chi connectivity index (χ1v) is 23.4. The number of terminal acetylenes is 1. The Kier molecular flexibility index (Phi) is 17.1. The lowest BCUT2D eigenvalue weighted by molar-refractivity contribution is -0.151. The molecular weight excluding hydrogens is 711 g/mol. The number of nitrogen functional groups attached to an aromatic ring is 2. The summed E-state index contributed by atoms with van der Waals surface area (Å²) in [5.41, 5.74) is 13.3. The van der Waals surface area contributed by atoms with Gasteiger partial charge >= 0.3 is 11.9 Å². The third-order valence-electron chi connectivity index (χ3n) is 6.27. The van der Waals surface area contributed by atoms with Crippen LogP contribution in [-0.4, -0.2) is 51.3 Å². The molecule has 2 aromatic heterocycles. The summed E-state index contributed by atoms with van der Waals surface area (Å²) in [6.45, 7) is 25.1. The molecule has 0 aliphatic heterocycles. The van der Waals surface area contributed by atoms with E-state index in [2.05, 4.69) is 89.6 Å². The molecule has 45 heavy (non-hydrogen) atoms. The third kappa shape index (κ3) is 18.6. The zero-order valence-electron chi connectivity index (χ0n) is 29.3. The molecular formula is C34H53IN4O4Si2. The number of carbonyl (C=O) groups is 2.